The molecule has 1 aromatic heterocycles. The second-order valence-electron chi connectivity index (χ2n) is 6.01. The third-order valence-electron chi connectivity index (χ3n) is 3.88. The van der Waals surface area contributed by atoms with E-state index in [4.69, 9.17) is 0 Å². The molecule has 0 aliphatic heterocycles. The van der Waals surface area contributed by atoms with Crippen LogP contribution in [0.15, 0.2) is 70.9 Å². The first-order chi connectivity index (χ1) is 13.9. The van der Waals surface area contributed by atoms with E-state index < -0.39 is 4.92 Å². The first-order valence-corrected chi connectivity index (χ1v) is 10.4. The first kappa shape index (κ1) is 20.6. The quantitative estimate of drug-likeness (QED) is 0.313. The second kappa shape index (κ2) is 9.35. The topological polar surface area (TPSA) is 101 Å². The predicted molar refractivity (Wildman–Crippen MR) is 116 cm³/mol. The lowest BCUT2D eigenvalue weighted by Crippen LogP contribution is -2.22. The van der Waals surface area contributed by atoms with E-state index in [2.05, 4.69) is 10.6 Å². The first-order valence-electron chi connectivity index (χ1n) is 8.59. The minimum atomic E-state index is -0.489. The van der Waals surface area contributed by atoms with Crippen molar-refractivity contribution >= 4 is 52.0 Å². The largest absolute Gasteiger partial charge is 0.325 e. The van der Waals surface area contributed by atoms with E-state index in [-0.39, 0.29) is 22.8 Å². The third kappa shape index (κ3) is 5.66. The van der Waals surface area contributed by atoms with Gasteiger partial charge in [-0.2, -0.15) is 0 Å². The minimum absolute atomic E-state index is 0.0309. The van der Waals surface area contributed by atoms with Gasteiger partial charge in [-0.15, -0.1) is 23.1 Å². The highest BCUT2D eigenvalue weighted by Gasteiger charge is 2.15. The maximum atomic E-state index is 12.4. The number of anilines is 2. The zero-order chi connectivity index (χ0) is 20.8. The molecule has 0 saturated heterocycles. The van der Waals surface area contributed by atoms with Crippen molar-refractivity contribution in [3.63, 3.8) is 0 Å². The Kier molecular flexibility index (Phi) is 6.63. The lowest BCUT2D eigenvalue weighted by atomic mass is 10.3. The molecule has 1 unspecified atom stereocenters. The van der Waals surface area contributed by atoms with Crippen LogP contribution in [0.5, 0.6) is 0 Å². The number of thiophene rings is 1. The number of benzene rings is 2. The Morgan fingerprint density at radius 1 is 1.00 bits per heavy atom. The highest BCUT2D eigenvalue weighted by molar-refractivity contribution is 8.00. The number of thioether (sulfide) groups is 1. The van der Waals surface area contributed by atoms with Gasteiger partial charge in [-0.3, -0.25) is 19.7 Å². The Morgan fingerprint density at radius 2 is 1.62 bits per heavy atom. The van der Waals surface area contributed by atoms with Gasteiger partial charge in [0.05, 0.1) is 15.1 Å². The highest BCUT2D eigenvalue weighted by atomic mass is 32.2. The van der Waals surface area contributed by atoms with Crippen molar-refractivity contribution < 1.29 is 14.5 Å². The number of nitrogens with zero attached hydrogens (tertiary/aromatic N) is 1. The van der Waals surface area contributed by atoms with E-state index in [0.29, 0.717) is 16.3 Å². The summed E-state index contributed by atoms with van der Waals surface area (Å²) in [6, 6.07) is 16.5. The van der Waals surface area contributed by atoms with Crippen LogP contribution >= 0.6 is 23.1 Å². The number of hydrogen-bond donors (Lipinski definition) is 2. The molecule has 7 nitrogen and oxygen atoms in total. The number of hydrogen-bond acceptors (Lipinski definition) is 6. The average molecular weight is 428 g/mol. The number of carbonyl (C=O) groups is 2. The molecule has 3 rings (SSSR count). The van der Waals surface area contributed by atoms with E-state index in [9.17, 15) is 19.7 Å². The number of non-ortho nitro benzene ring substituents is 1. The van der Waals surface area contributed by atoms with Crippen LogP contribution in [0.3, 0.4) is 0 Å². The molecular weight excluding hydrogens is 410 g/mol. The van der Waals surface area contributed by atoms with Crippen LogP contribution < -0.4 is 10.6 Å². The number of nitro groups is 1. The van der Waals surface area contributed by atoms with Crippen molar-refractivity contribution in [2.45, 2.75) is 17.1 Å². The van der Waals surface area contributed by atoms with Gasteiger partial charge in [-0.1, -0.05) is 6.07 Å². The van der Waals surface area contributed by atoms with Crippen LogP contribution in [-0.2, 0) is 4.79 Å². The third-order valence-corrected chi connectivity index (χ3v) is 5.87. The second-order valence-corrected chi connectivity index (χ2v) is 8.37. The standard InChI is InChI=1S/C20H17N3O4S2/c1-13(19(24)21-14-4-8-16(9-5-14)23(26)27)29-17-10-6-15(7-11-17)22-20(25)18-3-2-12-28-18/h2-13H,1H3,(H,21,24)(H,22,25). The Balaban J connectivity index is 1.54. The number of nitro benzene ring substituents is 1. The van der Waals surface area contributed by atoms with E-state index in [0.717, 1.165) is 4.90 Å². The SMILES string of the molecule is CC(Sc1ccc(NC(=O)c2cccs2)cc1)C(=O)Nc1ccc([N+](=O)[O-])cc1. The molecule has 1 heterocycles. The molecule has 0 bridgehead atoms. The van der Waals surface area contributed by atoms with Crippen LogP contribution in [0.25, 0.3) is 0 Å². The van der Waals surface area contributed by atoms with Crippen molar-refractivity contribution in [2.24, 2.45) is 0 Å². The summed E-state index contributed by atoms with van der Waals surface area (Å²) in [7, 11) is 0. The molecule has 2 amide bonds. The van der Waals surface area contributed by atoms with E-state index in [1.165, 1.54) is 47.4 Å². The van der Waals surface area contributed by atoms with Crippen molar-refractivity contribution in [2.75, 3.05) is 10.6 Å². The molecule has 0 saturated carbocycles. The maximum Gasteiger partial charge on any atom is 0.269 e. The normalized spacial score (nSPS) is 11.5. The van der Waals surface area contributed by atoms with E-state index in [1.807, 2.05) is 23.6 Å². The summed E-state index contributed by atoms with van der Waals surface area (Å²) in [6.07, 6.45) is 0. The molecule has 29 heavy (non-hydrogen) atoms. The fourth-order valence-electron chi connectivity index (χ4n) is 2.39. The Hall–Kier alpha value is -3.17. The molecule has 0 radical (unpaired) electrons. The van der Waals surface area contributed by atoms with Gasteiger partial charge in [0.25, 0.3) is 11.6 Å². The van der Waals surface area contributed by atoms with Crippen LogP contribution in [0.2, 0.25) is 0 Å². The van der Waals surface area contributed by atoms with Gasteiger partial charge in [-0.25, -0.2) is 0 Å². The van der Waals surface area contributed by atoms with E-state index in [1.54, 1.807) is 25.1 Å². The molecule has 2 aromatic carbocycles. The summed E-state index contributed by atoms with van der Waals surface area (Å²) in [5.41, 5.74) is 1.15. The van der Waals surface area contributed by atoms with Crippen LogP contribution in [0.1, 0.15) is 16.6 Å². The van der Waals surface area contributed by atoms with Gasteiger partial charge < -0.3 is 10.6 Å². The van der Waals surface area contributed by atoms with Gasteiger partial charge >= 0.3 is 0 Å². The summed E-state index contributed by atoms with van der Waals surface area (Å²) in [5.74, 6) is -0.366. The minimum Gasteiger partial charge on any atom is -0.325 e. The van der Waals surface area contributed by atoms with E-state index >= 15 is 0 Å². The van der Waals surface area contributed by atoms with Gasteiger partial charge in [0, 0.05) is 28.4 Å². The molecule has 148 valence electrons. The van der Waals surface area contributed by atoms with Gasteiger partial charge in [0.1, 0.15) is 0 Å². The fraction of sp³-hybridized carbons (Fsp3) is 0.100. The molecular formula is C20H17N3O4S2. The van der Waals surface area contributed by atoms with Gasteiger partial charge in [-0.05, 0) is 54.8 Å². The summed E-state index contributed by atoms with van der Waals surface area (Å²) < 4.78 is 0. The van der Waals surface area contributed by atoms with Crippen molar-refractivity contribution in [1.29, 1.82) is 0 Å². The smallest absolute Gasteiger partial charge is 0.269 e. The molecule has 0 fully saturated rings. The molecule has 0 spiro atoms. The Labute approximate surface area is 175 Å². The predicted octanol–water partition coefficient (Wildman–Crippen LogP) is 5.03. The molecule has 0 aliphatic carbocycles. The Morgan fingerprint density at radius 3 is 2.21 bits per heavy atom. The van der Waals surface area contributed by atoms with Crippen molar-refractivity contribution in [1.82, 2.24) is 0 Å². The monoisotopic (exact) mass is 427 g/mol. The van der Waals surface area contributed by atoms with Gasteiger partial charge in [0.15, 0.2) is 0 Å². The van der Waals surface area contributed by atoms with Crippen molar-refractivity contribution in [3.8, 4) is 0 Å². The summed E-state index contributed by atoms with van der Waals surface area (Å²) in [5, 5.41) is 17.7. The number of nitrogens with one attached hydrogen (secondary N) is 2. The highest BCUT2D eigenvalue weighted by Crippen LogP contribution is 2.26. The van der Waals surface area contributed by atoms with Gasteiger partial charge in [0.2, 0.25) is 5.91 Å². The summed E-state index contributed by atoms with van der Waals surface area (Å²) in [4.78, 5) is 36.1. The zero-order valence-electron chi connectivity index (χ0n) is 15.3. The average Bonchev–Trinajstić information content (AvgIpc) is 3.25. The number of carbonyl (C=O) groups excluding carboxylic acids is 2. The van der Waals surface area contributed by atoms with Crippen LogP contribution in [-0.4, -0.2) is 22.0 Å². The number of rotatable bonds is 7. The Bertz CT molecular complexity index is 1000. The lowest BCUT2D eigenvalue weighted by molar-refractivity contribution is -0.384. The molecule has 2 N–H and O–H groups in total. The summed E-state index contributed by atoms with van der Waals surface area (Å²) in [6.45, 7) is 1.78. The van der Waals surface area contributed by atoms with Crippen LogP contribution in [0, 0.1) is 10.1 Å². The molecule has 1 atom stereocenters. The fourth-order valence-corrected chi connectivity index (χ4v) is 3.87. The lowest BCUT2D eigenvalue weighted by Gasteiger charge is -2.12. The molecule has 9 heteroatoms. The molecule has 0 aliphatic rings. The number of amides is 2. The maximum absolute atomic E-state index is 12.4. The summed E-state index contributed by atoms with van der Waals surface area (Å²) >= 11 is 2.75. The van der Waals surface area contributed by atoms with Crippen LogP contribution in [0.4, 0.5) is 17.1 Å². The van der Waals surface area contributed by atoms with Crippen molar-refractivity contribution in [3.05, 3.63) is 81.0 Å². The zero-order valence-corrected chi connectivity index (χ0v) is 17.0. The molecule has 3 aromatic rings.